The number of nitrogens with one attached hydrogen (secondary N) is 1. The van der Waals surface area contributed by atoms with Crippen LogP contribution in [-0.4, -0.2) is 44.3 Å². The average Bonchev–Trinajstić information content (AvgIpc) is 3.04. The van der Waals surface area contributed by atoms with Gasteiger partial charge in [-0.25, -0.2) is 8.42 Å². The number of amides is 2. The minimum absolute atomic E-state index is 0.0901. The van der Waals surface area contributed by atoms with Crippen LogP contribution in [0.4, 0.5) is 5.69 Å². The zero-order chi connectivity index (χ0) is 33.3. The normalized spacial score (nSPS) is 11.9. The molecule has 8 heteroatoms. The highest BCUT2D eigenvalue weighted by atomic mass is 32.2. The molecule has 7 nitrogen and oxygen atoms in total. The van der Waals surface area contributed by atoms with Crippen LogP contribution in [0.5, 0.6) is 0 Å². The Morgan fingerprint density at radius 2 is 1.39 bits per heavy atom. The van der Waals surface area contributed by atoms with Gasteiger partial charge in [-0.2, -0.15) is 0 Å². The Morgan fingerprint density at radius 3 is 2.00 bits per heavy atom. The van der Waals surface area contributed by atoms with Gasteiger partial charge >= 0.3 is 0 Å². The number of aryl methyl sites for hydroxylation is 4. The number of rotatable bonds is 14. The van der Waals surface area contributed by atoms with Crippen molar-refractivity contribution in [2.45, 2.75) is 71.4 Å². The third-order valence-electron chi connectivity index (χ3n) is 8.24. The van der Waals surface area contributed by atoms with Crippen molar-refractivity contribution in [2.75, 3.05) is 17.4 Å². The van der Waals surface area contributed by atoms with Crippen LogP contribution in [0.1, 0.15) is 53.1 Å². The molecule has 0 saturated heterocycles. The minimum atomic E-state index is -4.14. The van der Waals surface area contributed by atoms with Gasteiger partial charge in [0.15, 0.2) is 0 Å². The molecule has 0 spiro atoms. The summed E-state index contributed by atoms with van der Waals surface area (Å²) in [7, 11) is -4.14. The molecule has 4 aromatic rings. The Labute approximate surface area is 274 Å². The summed E-state index contributed by atoms with van der Waals surface area (Å²) in [4.78, 5) is 30.1. The number of unbranched alkanes of at least 4 members (excludes halogenated alkanes) is 1. The van der Waals surface area contributed by atoms with Gasteiger partial charge in [-0.1, -0.05) is 97.3 Å². The molecule has 0 aromatic heterocycles. The van der Waals surface area contributed by atoms with Gasteiger partial charge in [0.05, 0.1) is 10.6 Å². The fraction of sp³-hybridized carbons (Fsp3) is 0.316. The van der Waals surface area contributed by atoms with Crippen molar-refractivity contribution in [2.24, 2.45) is 0 Å². The standard InChI is InChI=1S/C38H45N3O4S/c1-6-7-23-39-38(43)36(25-32-11-9-8-10-12-32)40(26-33-18-13-28(2)14-19-33)37(42)27-41(34-20-17-30(4)31(5)24-34)46(44,45)35-21-15-29(3)16-22-35/h8-22,24,36H,6-7,23,25-27H2,1-5H3,(H,39,43)/t36-/m0/s1. The van der Waals surface area contributed by atoms with Gasteiger partial charge in [0, 0.05) is 19.5 Å². The molecule has 0 aliphatic heterocycles. The third-order valence-corrected chi connectivity index (χ3v) is 10.0. The van der Waals surface area contributed by atoms with Crippen LogP contribution in [0.15, 0.2) is 102 Å². The summed E-state index contributed by atoms with van der Waals surface area (Å²) < 4.78 is 29.6. The number of anilines is 1. The first-order valence-corrected chi connectivity index (χ1v) is 17.3. The van der Waals surface area contributed by atoms with Crippen LogP contribution in [0.25, 0.3) is 0 Å². The molecule has 4 rings (SSSR count). The van der Waals surface area contributed by atoms with Gasteiger partial charge in [0.25, 0.3) is 10.0 Å². The summed E-state index contributed by atoms with van der Waals surface area (Å²) in [5.41, 5.74) is 6.05. The molecule has 2 amide bonds. The highest BCUT2D eigenvalue weighted by Gasteiger charge is 2.34. The van der Waals surface area contributed by atoms with Gasteiger partial charge in [-0.3, -0.25) is 13.9 Å². The van der Waals surface area contributed by atoms with Gasteiger partial charge in [-0.15, -0.1) is 0 Å². The van der Waals surface area contributed by atoms with Crippen LogP contribution >= 0.6 is 0 Å². The molecule has 0 aliphatic rings. The van der Waals surface area contributed by atoms with Crippen LogP contribution in [0, 0.1) is 27.7 Å². The monoisotopic (exact) mass is 639 g/mol. The summed E-state index contributed by atoms with van der Waals surface area (Å²) in [6.07, 6.45) is 2.01. The summed E-state index contributed by atoms with van der Waals surface area (Å²) in [6, 6.07) is 28.5. The van der Waals surface area contributed by atoms with E-state index in [4.69, 9.17) is 0 Å². The number of carbonyl (C=O) groups excluding carboxylic acids is 2. The maximum Gasteiger partial charge on any atom is 0.264 e. The van der Waals surface area contributed by atoms with E-state index in [2.05, 4.69) is 12.2 Å². The zero-order valence-corrected chi connectivity index (χ0v) is 28.3. The molecule has 0 aliphatic carbocycles. The molecule has 0 radical (unpaired) electrons. The molecule has 1 N–H and O–H groups in total. The fourth-order valence-corrected chi connectivity index (χ4v) is 6.60. The second-order valence-electron chi connectivity index (χ2n) is 12.0. The Balaban J connectivity index is 1.80. The smallest absolute Gasteiger partial charge is 0.264 e. The lowest BCUT2D eigenvalue weighted by Gasteiger charge is -2.34. The molecule has 0 saturated carbocycles. The summed E-state index contributed by atoms with van der Waals surface area (Å²) in [5, 5.41) is 3.03. The van der Waals surface area contributed by atoms with E-state index in [0.717, 1.165) is 46.2 Å². The molecule has 242 valence electrons. The van der Waals surface area contributed by atoms with E-state index in [9.17, 15) is 18.0 Å². The topological polar surface area (TPSA) is 86.8 Å². The minimum Gasteiger partial charge on any atom is -0.354 e. The molecule has 0 unspecified atom stereocenters. The number of carbonyl (C=O) groups is 2. The van der Waals surface area contributed by atoms with Crippen molar-refractivity contribution in [1.82, 2.24) is 10.2 Å². The summed E-state index contributed by atoms with van der Waals surface area (Å²) in [5.74, 6) is -0.738. The lowest BCUT2D eigenvalue weighted by Crippen LogP contribution is -2.53. The van der Waals surface area contributed by atoms with E-state index < -0.39 is 28.5 Å². The van der Waals surface area contributed by atoms with Crippen molar-refractivity contribution in [3.63, 3.8) is 0 Å². The van der Waals surface area contributed by atoms with Crippen LogP contribution in [0.2, 0.25) is 0 Å². The maximum atomic E-state index is 14.6. The second kappa shape index (κ2) is 15.7. The van der Waals surface area contributed by atoms with Crippen LogP contribution < -0.4 is 9.62 Å². The van der Waals surface area contributed by atoms with Crippen molar-refractivity contribution in [3.8, 4) is 0 Å². The summed E-state index contributed by atoms with van der Waals surface area (Å²) in [6.45, 7) is 9.96. The Hall–Kier alpha value is -4.43. The number of hydrogen-bond acceptors (Lipinski definition) is 4. The quantitative estimate of drug-likeness (QED) is 0.156. The number of benzene rings is 4. The lowest BCUT2D eigenvalue weighted by molar-refractivity contribution is -0.140. The van der Waals surface area contributed by atoms with E-state index in [1.54, 1.807) is 36.4 Å². The molecule has 4 aromatic carbocycles. The van der Waals surface area contributed by atoms with E-state index in [-0.39, 0.29) is 23.8 Å². The molecule has 0 heterocycles. The average molecular weight is 640 g/mol. The number of sulfonamides is 1. The van der Waals surface area contributed by atoms with Gasteiger partial charge in [-0.05, 0) is 80.6 Å². The van der Waals surface area contributed by atoms with Crippen molar-refractivity contribution in [3.05, 3.63) is 130 Å². The highest BCUT2D eigenvalue weighted by molar-refractivity contribution is 7.92. The Bertz CT molecular complexity index is 1720. The van der Waals surface area contributed by atoms with Crippen LogP contribution in [0.3, 0.4) is 0 Å². The first-order chi connectivity index (χ1) is 22.0. The zero-order valence-electron chi connectivity index (χ0n) is 27.5. The van der Waals surface area contributed by atoms with E-state index in [1.807, 2.05) is 88.4 Å². The molecule has 0 fully saturated rings. The highest BCUT2D eigenvalue weighted by Crippen LogP contribution is 2.27. The SMILES string of the molecule is CCCCNC(=O)[C@H](Cc1ccccc1)N(Cc1ccc(C)cc1)C(=O)CN(c1ccc(C)c(C)c1)S(=O)(=O)c1ccc(C)cc1. The Kier molecular flexibility index (Phi) is 11.8. The van der Waals surface area contributed by atoms with Crippen molar-refractivity contribution >= 4 is 27.5 Å². The largest absolute Gasteiger partial charge is 0.354 e. The summed E-state index contributed by atoms with van der Waals surface area (Å²) >= 11 is 0. The molecular weight excluding hydrogens is 595 g/mol. The van der Waals surface area contributed by atoms with Gasteiger partial charge < -0.3 is 10.2 Å². The maximum absolute atomic E-state index is 14.6. The molecule has 46 heavy (non-hydrogen) atoms. The second-order valence-corrected chi connectivity index (χ2v) is 13.8. The van der Waals surface area contributed by atoms with Crippen LogP contribution in [-0.2, 0) is 32.6 Å². The molecule has 1 atom stereocenters. The first-order valence-electron chi connectivity index (χ1n) is 15.8. The predicted molar refractivity (Wildman–Crippen MR) is 185 cm³/mol. The molecule has 0 bridgehead atoms. The third kappa shape index (κ3) is 8.85. The van der Waals surface area contributed by atoms with Gasteiger partial charge in [0.1, 0.15) is 12.6 Å². The Morgan fingerprint density at radius 1 is 0.761 bits per heavy atom. The lowest BCUT2D eigenvalue weighted by atomic mass is 10.0. The molecular formula is C38H45N3O4S. The van der Waals surface area contributed by atoms with E-state index in [1.165, 1.54) is 9.21 Å². The fourth-order valence-electron chi connectivity index (χ4n) is 5.20. The number of hydrogen-bond donors (Lipinski definition) is 1. The number of nitrogens with zero attached hydrogens (tertiary/aromatic N) is 2. The van der Waals surface area contributed by atoms with Gasteiger partial charge in [0.2, 0.25) is 11.8 Å². The predicted octanol–water partition coefficient (Wildman–Crippen LogP) is 6.67. The van der Waals surface area contributed by atoms with E-state index in [0.29, 0.717) is 12.2 Å². The van der Waals surface area contributed by atoms with Crippen molar-refractivity contribution < 1.29 is 18.0 Å². The first kappa shape index (κ1) is 34.4. The van der Waals surface area contributed by atoms with Crippen molar-refractivity contribution in [1.29, 1.82) is 0 Å². The van der Waals surface area contributed by atoms with E-state index >= 15 is 0 Å².